The summed E-state index contributed by atoms with van der Waals surface area (Å²) >= 11 is 2.57. The molecule has 54 valence electrons. The van der Waals surface area contributed by atoms with E-state index in [4.69, 9.17) is 5.11 Å². The minimum Gasteiger partial charge on any atom is -0.321 e. The van der Waals surface area contributed by atoms with Crippen molar-refractivity contribution in [2.45, 2.75) is 18.5 Å². The second kappa shape index (κ2) is 2.62. The molecule has 0 saturated heterocycles. The van der Waals surface area contributed by atoms with Crippen molar-refractivity contribution in [3.63, 3.8) is 0 Å². The van der Waals surface area contributed by atoms with E-state index in [-0.39, 0.29) is 0 Å². The number of nitro groups is 1. The fourth-order valence-electron chi connectivity index (χ4n) is 0.211. The number of halogens is 1. The smallest absolute Gasteiger partial charge is 0.321 e. The van der Waals surface area contributed by atoms with E-state index >= 15 is 0 Å². The fraction of sp³-hybridized carbons (Fsp3) is 1.00. The van der Waals surface area contributed by atoms with Crippen LogP contribution in [0.3, 0.4) is 0 Å². The molecule has 0 aromatic heterocycles. The lowest BCUT2D eigenvalue weighted by atomic mass is 10.2. The summed E-state index contributed by atoms with van der Waals surface area (Å²) in [7, 11) is 0. The molecule has 0 rings (SSSR count). The van der Waals surface area contributed by atoms with E-state index in [1.54, 1.807) is 13.8 Å². The van der Waals surface area contributed by atoms with E-state index in [0.717, 1.165) is 0 Å². The predicted molar refractivity (Wildman–Crippen MR) is 35.7 cm³/mol. The third kappa shape index (κ3) is 1.91. The maximum atomic E-state index is 9.97. The molecule has 0 aliphatic carbocycles. The molecule has 0 aliphatic rings. The highest BCUT2D eigenvalue weighted by Gasteiger charge is 2.40. The highest BCUT2D eigenvalue weighted by Crippen LogP contribution is 2.23. The van der Waals surface area contributed by atoms with Gasteiger partial charge in [0.15, 0.2) is 0 Å². The Balaban J connectivity index is 4.19. The van der Waals surface area contributed by atoms with Crippen molar-refractivity contribution in [2.24, 2.45) is 5.92 Å². The van der Waals surface area contributed by atoms with E-state index in [2.05, 4.69) is 15.9 Å². The Morgan fingerprint density at radius 2 is 2.11 bits per heavy atom. The van der Waals surface area contributed by atoms with Gasteiger partial charge in [0.25, 0.3) is 0 Å². The Morgan fingerprint density at radius 3 is 2.11 bits per heavy atom. The molecule has 0 radical (unpaired) electrons. The van der Waals surface area contributed by atoms with Crippen LogP contribution in [0.4, 0.5) is 0 Å². The van der Waals surface area contributed by atoms with Gasteiger partial charge in [-0.2, -0.15) is 0 Å². The van der Waals surface area contributed by atoms with Crippen molar-refractivity contribution in [2.75, 3.05) is 0 Å². The van der Waals surface area contributed by atoms with E-state index in [1.807, 2.05) is 0 Å². The summed E-state index contributed by atoms with van der Waals surface area (Å²) in [4.78, 5) is 9.20. The minimum absolute atomic E-state index is 0.438. The third-order valence-electron chi connectivity index (χ3n) is 0.991. The van der Waals surface area contributed by atoms with Crippen LogP contribution in [0.1, 0.15) is 13.8 Å². The number of aliphatic hydroxyl groups is 1. The summed E-state index contributed by atoms with van der Waals surface area (Å²) in [6.45, 7) is 3.11. The average molecular weight is 198 g/mol. The van der Waals surface area contributed by atoms with Gasteiger partial charge in [-0.3, -0.25) is 10.1 Å². The first-order chi connectivity index (χ1) is 3.89. The SMILES string of the molecule is CC(C)C(O)(Br)[N+](=O)[O-]. The molecular weight excluding hydrogens is 190 g/mol. The predicted octanol–water partition coefficient (Wildman–Crippen LogP) is 0.960. The number of hydrogen-bond acceptors (Lipinski definition) is 3. The topological polar surface area (TPSA) is 63.4 Å². The molecule has 0 heterocycles. The number of rotatable bonds is 2. The van der Waals surface area contributed by atoms with E-state index < -0.39 is 15.5 Å². The molecule has 0 saturated carbocycles. The monoisotopic (exact) mass is 197 g/mol. The lowest BCUT2D eigenvalue weighted by Crippen LogP contribution is -2.36. The van der Waals surface area contributed by atoms with Gasteiger partial charge in [0.05, 0.1) is 10.8 Å². The Labute approximate surface area is 61.1 Å². The molecule has 0 aliphatic heterocycles. The molecule has 4 nitrogen and oxygen atoms in total. The van der Waals surface area contributed by atoms with Crippen LogP contribution in [-0.4, -0.2) is 14.7 Å². The summed E-state index contributed by atoms with van der Waals surface area (Å²) in [6.07, 6.45) is 0. The zero-order chi connectivity index (χ0) is 7.65. The van der Waals surface area contributed by atoms with Crippen LogP contribution in [0.15, 0.2) is 0 Å². The van der Waals surface area contributed by atoms with Gasteiger partial charge in [-0.05, 0) is 0 Å². The van der Waals surface area contributed by atoms with Crippen LogP contribution in [0.2, 0.25) is 0 Å². The van der Waals surface area contributed by atoms with Gasteiger partial charge in [-0.15, -0.1) is 0 Å². The molecule has 9 heavy (non-hydrogen) atoms. The first-order valence-electron chi connectivity index (χ1n) is 2.44. The summed E-state index contributed by atoms with van der Waals surface area (Å²) in [6, 6.07) is 0. The second-order valence-corrected chi connectivity index (χ2v) is 3.22. The van der Waals surface area contributed by atoms with Crippen LogP contribution in [0.25, 0.3) is 0 Å². The Kier molecular flexibility index (Phi) is 2.57. The molecule has 1 unspecified atom stereocenters. The zero-order valence-corrected chi connectivity index (χ0v) is 6.75. The lowest BCUT2D eigenvalue weighted by molar-refractivity contribution is -0.594. The summed E-state index contributed by atoms with van der Waals surface area (Å²) in [5, 5.41) is 18.9. The first kappa shape index (κ1) is 8.84. The van der Waals surface area contributed by atoms with Crippen LogP contribution >= 0.6 is 15.9 Å². The van der Waals surface area contributed by atoms with Crippen molar-refractivity contribution >= 4 is 15.9 Å². The normalized spacial score (nSPS) is 17.4. The van der Waals surface area contributed by atoms with Crippen molar-refractivity contribution in [1.82, 2.24) is 0 Å². The third-order valence-corrected chi connectivity index (χ3v) is 2.20. The molecule has 5 heteroatoms. The number of nitrogens with zero attached hydrogens (tertiary/aromatic N) is 1. The largest absolute Gasteiger partial charge is 0.380 e. The van der Waals surface area contributed by atoms with Crippen LogP contribution in [0.5, 0.6) is 0 Å². The lowest BCUT2D eigenvalue weighted by Gasteiger charge is -2.14. The van der Waals surface area contributed by atoms with Crippen molar-refractivity contribution < 1.29 is 10.0 Å². The number of hydrogen-bond donors (Lipinski definition) is 1. The summed E-state index contributed by atoms with van der Waals surface area (Å²) in [5.74, 6) is -0.438. The quantitative estimate of drug-likeness (QED) is 0.236. The van der Waals surface area contributed by atoms with E-state index in [1.165, 1.54) is 0 Å². The maximum absolute atomic E-state index is 9.97. The van der Waals surface area contributed by atoms with E-state index in [9.17, 15) is 10.1 Å². The minimum atomic E-state index is -1.97. The standard InChI is InChI=1S/C4H8BrNO3/c1-3(2)4(5,7)6(8)9/h3,7H,1-2H3. The van der Waals surface area contributed by atoms with Gasteiger partial charge in [0.1, 0.15) is 0 Å². The van der Waals surface area contributed by atoms with Crippen molar-refractivity contribution in [3.05, 3.63) is 10.1 Å². The van der Waals surface area contributed by atoms with Gasteiger partial charge < -0.3 is 5.11 Å². The molecular formula is C4H8BrNO3. The molecule has 0 bridgehead atoms. The van der Waals surface area contributed by atoms with E-state index in [0.29, 0.717) is 0 Å². The zero-order valence-electron chi connectivity index (χ0n) is 5.17. The molecule has 0 aromatic rings. The summed E-state index contributed by atoms with van der Waals surface area (Å²) in [5.41, 5.74) is 0. The van der Waals surface area contributed by atoms with Crippen LogP contribution in [0, 0.1) is 16.0 Å². The average Bonchev–Trinajstić information content (AvgIpc) is 1.65. The van der Waals surface area contributed by atoms with Crippen molar-refractivity contribution in [3.8, 4) is 0 Å². The maximum Gasteiger partial charge on any atom is 0.380 e. The van der Waals surface area contributed by atoms with Crippen LogP contribution < -0.4 is 0 Å². The van der Waals surface area contributed by atoms with Gasteiger partial charge >= 0.3 is 4.63 Å². The van der Waals surface area contributed by atoms with Crippen molar-refractivity contribution in [1.29, 1.82) is 0 Å². The highest BCUT2D eigenvalue weighted by molar-refractivity contribution is 9.09. The molecule has 1 N–H and O–H groups in total. The number of alkyl halides is 1. The van der Waals surface area contributed by atoms with Gasteiger partial charge in [0, 0.05) is 15.9 Å². The Hall–Kier alpha value is -0.160. The molecule has 0 aromatic carbocycles. The Morgan fingerprint density at radius 1 is 1.78 bits per heavy atom. The second-order valence-electron chi connectivity index (χ2n) is 2.05. The highest BCUT2D eigenvalue weighted by atomic mass is 79.9. The van der Waals surface area contributed by atoms with Gasteiger partial charge in [-0.25, -0.2) is 0 Å². The Bertz CT molecular complexity index is 123. The molecule has 0 spiro atoms. The van der Waals surface area contributed by atoms with Gasteiger partial charge in [0.2, 0.25) is 0 Å². The molecule has 1 atom stereocenters. The fourth-order valence-corrected chi connectivity index (χ4v) is 0.211. The molecule has 0 amide bonds. The summed E-state index contributed by atoms with van der Waals surface area (Å²) < 4.78 is -1.97. The van der Waals surface area contributed by atoms with Gasteiger partial charge in [-0.1, -0.05) is 13.8 Å². The van der Waals surface area contributed by atoms with Crippen LogP contribution in [-0.2, 0) is 0 Å². The molecule has 0 fully saturated rings. The first-order valence-corrected chi connectivity index (χ1v) is 3.24.